The highest BCUT2D eigenvalue weighted by Gasteiger charge is 2.02. The fourth-order valence-electron chi connectivity index (χ4n) is 1.46. The molecule has 0 bridgehead atoms. The first-order chi connectivity index (χ1) is 6.81. The number of nitrogens with zero attached hydrogens (tertiary/aromatic N) is 2. The smallest absolute Gasteiger partial charge is 0.0991 e. The molecule has 0 fully saturated rings. The highest BCUT2D eigenvalue weighted by molar-refractivity contribution is 5.39. The van der Waals surface area contributed by atoms with Gasteiger partial charge in [-0.2, -0.15) is 10.5 Å². The molecule has 70 valence electrons. The summed E-state index contributed by atoms with van der Waals surface area (Å²) in [7, 11) is 0. The molecule has 0 N–H and O–H groups in total. The van der Waals surface area contributed by atoms with Crippen molar-refractivity contribution in [3.8, 4) is 12.1 Å². The first-order valence-corrected chi connectivity index (χ1v) is 4.70. The number of benzene rings is 1. The van der Waals surface area contributed by atoms with Gasteiger partial charge in [0, 0.05) is 0 Å². The van der Waals surface area contributed by atoms with Crippen LogP contribution in [-0.2, 0) is 12.8 Å². The molecule has 0 amide bonds. The van der Waals surface area contributed by atoms with Gasteiger partial charge in [-0.15, -0.1) is 0 Å². The van der Waals surface area contributed by atoms with Crippen LogP contribution in [0.3, 0.4) is 0 Å². The molecule has 2 heteroatoms. The van der Waals surface area contributed by atoms with Crippen molar-refractivity contribution in [2.75, 3.05) is 0 Å². The standard InChI is InChI=1S/C12H12N2/c1-2-3-11-5-4-10(9-14)8-12(11)6-7-13/h4-5,8H,2-3,6H2,1H3. The van der Waals surface area contributed by atoms with E-state index in [4.69, 9.17) is 10.5 Å². The SMILES string of the molecule is CCCc1ccc(C#N)cc1CC#N. The molecule has 1 rings (SSSR count). The van der Waals surface area contributed by atoms with E-state index in [1.54, 1.807) is 0 Å². The van der Waals surface area contributed by atoms with Crippen LogP contribution in [0.15, 0.2) is 18.2 Å². The number of aryl methyl sites for hydroxylation is 1. The highest BCUT2D eigenvalue weighted by atomic mass is 14.2. The Kier molecular flexibility index (Phi) is 3.70. The molecule has 2 nitrogen and oxygen atoms in total. The molecule has 0 spiro atoms. The second kappa shape index (κ2) is 5.04. The number of nitriles is 2. The van der Waals surface area contributed by atoms with E-state index in [-0.39, 0.29) is 0 Å². The van der Waals surface area contributed by atoms with Gasteiger partial charge in [0.1, 0.15) is 0 Å². The third-order valence-electron chi connectivity index (χ3n) is 2.12. The van der Waals surface area contributed by atoms with Crippen molar-refractivity contribution in [1.29, 1.82) is 10.5 Å². The number of rotatable bonds is 3. The van der Waals surface area contributed by atoms with Crippen LogP contribution in [0.2, 0.25) is 0 Å². The molecule has 0 saturated carbocycles. The van der Waals surface area contributed by atoms with E-state index in [1.165, 1.54) is 5.56 Å². The second-order valence-electron chi connectivity index (χ2n) is 3.18. The Labute approximate surface area is 84.4 Å². The molecule has 0 radical (unpaired) electrons. The van der Waals surface area contributed by atoms with Crippen molar-refractivity contribution in [2.45, 2.75) is 26.2 Å². The van der Waals surface area contributed by atoms with E-state index >= 15 is 0 Å². The molecular weight excluding hydrogens is 172 g/mol. The Morgan fingerprint density at radius 2 is 2.00 bits per heavy atom. The molecule has 0 saturated heterocycles. The van der Waals surface area contributed by atoms with Crippen molar-refractivity contribution in [2.24, 2.45) is 0 Å². The lowest BCUT2D eigenvalue weighted by atomic mass is 9.99. The maximum Gasteiger partial charge on any atom is 0.0991 e. The van der Waals surface area contributed by atoms with Gasteiger partial charge in [0.25, 0.3) is 0 Å². The van der Waals surface area contributed by atoms with Gasteiger partial charge in [-0.25, -0.2) is 0 Å². The monoisotopic (exact) mass is 184 g/mol. The summed E-state index contributed by atoms with van der Waals surface area (Å²) >= 11 is 0. The van der Waals surface area contributed by atoms with E-state index < -0.39 is 0 Å². The van der Waals surface area contributed by atoms with Gasteiger partial charge in [-0.1, -0.05) is 19.4 Å². The minimum Gasteiger partial charge on any atom is -0.198 e. The van der Waals surface area contributed by atoms with Crippen LogP contribution >= 0.6 is 0 Å². The summed E-state index contributed by atoms with van der Waals surface area (Å²) in [6.07, 6.45) is 2.43. The van der Waals surface area contributed by atoms with E-state index in [0.717, 1.165) is 18.4 Å². The molecule has 1 aromatic carbocycles. The summed E-state index contributed by atoms with van der Waals surface area (Å²) in [4.78, 5) is 0. The Bertz CT molecular complexity index is 394. The normalized spacial score (nSPS) is 9.07. The summed E-state index contributed by atoms with van der Waals surface area (Å²) < 4.78 is 0. The Morgan fingerprint density at radius 1 is 1.21 bits per heavy atom. The minimum absolute atomic E-state index is 0.394. The lowest BCUT2D eigenvalue weighted by molar-refractivity contribution is 0.907. The first kappa shape index (κ1) is 10.3. The largest absolute Gasteiger partial charge is 0.198 e. The molecule has 0 heterocycles. The Morgan fingerprint density at radius 3 is 2.57 bits per heavy atom. The molecule has 0 atom stereocenters. The van der Waals surface area contributed by atoms with Gasteiger partial charge in [0.05, 0.1) is 24.1 Å². The van der Waals surface area contributed by atoms with E-state index in [1.807, 2.05) is 18.2 Å². The van der Waals surface area contributed by atoms with Gasteiger partial charge in [-0.3, -0.25) is 0 Å². The van der Waals surface area contributed by atoms with Crippen LogP contribution in [-0.4, -0.2) is 0 Å². The lowest BCUT2D eigenvalue weighted by Crippen LogP contribution is -1.94. The van der Waals surface area contributed by atoms with Crippen LogP contribution in [0.25, 0.3) is 0 Å². The Balaban J connectivity index is 3.06. The topological polar surface area (TPSA) is 47.6 Å². The van der Waals surface area contributed by atoms with Crippen LogP contribution < -0.4 is 0 Å². The van der Waals surface area contributed by atoms with Crippen molar-refractivity contribution in [1.82, 2.24) is 0 Å². The third kappa shape index (κ3) is 2.34. The predicted molar refractivity (Wildman–Crippen MR) is 54.5 cm³/mol. The van der Waals surface area contributed by atoms with E-state index in [2.05, 4.69) is 19.1 Å². The van der Waals surface area contributed by atoms with Gasteiger partial charge in [-0.05, 0) is 29.7 Å². The molecular formula is C12H12N2. The van der Waals surface area contributed by atoms with E-state index in [0.29, 0.717) is 12.0 Å². The molecule has 14 heavy (non-hydrogen) atoms. The number of hydrogen-bond donors (Lipinski definition) is 0. The Hall–Kier alpha value is -1.80. The first-order valence-electron chi connectivity index (χ1n) is 4.70. The van der Waals surface area contributed by atoms with Crippen molar-refractivity contribution >= 4 is 0 Å². The highest BCUT2D eigenvalue weighted by Crippen LogP contribution is 2.14. The van der Waals surface area contributed by atoms with Gasteiger partial charge in [0.2, 0.25) is 0 Å². The average Bonchev–Trinajstić information content (AvgIpc) is 2.21. The van der Waals surface area contributed by atoms with Crippen molar-refractivity contribution < 1.29 is 0 Å². The molecule has 1 aromatic rings. The zero-order valence-corrected chi connectivity index (χ0v) is 8.25. The lowest BCUT2D eigenvalue weighted by Gasteiger charge is -2.05. The zero-order valence-electron chi connectivity index (χ0n) is 8.25. The van der Waals surface area contributed by atoms with Crippen LogP contribution in [0.1, 0.15) is 30.0 Å². The van der Waals surface area contributed by atoms with Gasteiger partial charge in [0.15, 0.2) is 0 Å². The van der Waals surface area contributed by atoms with Crippen LogP contribution in [0, 0.1) is 22.7 Å². The van der Waals surface area contributed by atoms with Crippen molar-refractivity contribution in [3.05, 3.63) is 34.9 Å². The second-order valence-corrected chi connectivity index (χ2v) is 3.18. The van der Waals surface area contributed by atoms with Crippen LogP contribution in [0.5, 0.6) is 0 Å². The van der Waals surface area contributed by atoms with Crippen LogP contribution in [0.4, 0.5) is 0 Å². The summed E-state index contributed by atoms with van der Waals surface area (Å²) in [5, 5.41) is 17.4. The molecule has 0 unspecified atom stereocenters. The van der Waals surface area contributed by atoms with Crippen molar-refractivity contribution in [3.63, 3.8) is 0 Å². The molecule has 0 aromatic heterocycles. The fourth-order valence-corrected chi connectivity index (χ4v) is 1.46. The summed E-state index contributed by atoms with van der Waals surface area (Å²) in [6, 6.07) is 9.79. The maximum absolute atomic E-state index is 8.72. The quantitative estimate of drug-likeness (QED) is 0.724. The zero-order chi connectivity index (χ0) is 10.4. The molecule has 0 aliphatic carbocycles. The summed E-state index contributed by atoms with van der Waals surface area (Å²) in [6.45, 7) is 2.11. The van der Waals surface area contributed by atoms with E-state index in [9.17, 15) is 0 Å². The number of hydrogen-bond acceptors (Lipinski definition) is 2. The summed E-state index contributed by atoms with van der Waals surface area (Å²) in [5.41, 5.74) is 2.82. The predicted octanol–water partition coefficient (Wildman–Crippen LogP) is 2.58. The maximum atomic E-state index is 8.72. The fraction of sp³-hybridized carbons (Fsp3) is 0.333. The molecule has 0 aliphatic heterocycles. The minimum atomic E-state index is 0.394. The van der Waals surface area contributed by atoms with Gasteiger partial charge < -0.3 is 0 Å². The third-order valence-corrected chi connectivity index (χ3v) is 2.12. The molecule has 0 aliphatic rings. The van der Waals surface area contributed by atoms with Gasteiger partial charge >= 0.3 is 0 Å². The summed E-state index contributed by atoms with van der Waals surface area (Å²) in [5.74, 6) is 0. The average molecular weight is 184 g/mol.